The van der Waals surface area contributed by atoms with Crippen LogP contribution in [0.3, 0.4) is 0 Å². The molecule has 0 aromatic rings. The molecule has 2 rings (SSSR count). The van der Waals surface area contributed by atoms with Crippen molar-refractivity contribution < 1.29 is 9.53 Å². The summed E-state index contributed by atoms with van der Waals surface area (Å²) in [5, 5.41) is 6.37. The van der Waals surface area contributed by atoms with Crippen molar-refractivity contribution in [3.05, 3.63) is 0 Å². The number of hydrogen-bond acceptors (Lipinski definition) is 3. The molecule has 4 nitrogen and oxygen atoms in total. The van der Waals surface area contributed by atoms with Gasteiger partial charge >= 0.3 is 0 Å². The van der Waals surface area contributed by atoms with E-state index in [0.717, 1.165) is 19.4 Å². The quantitative estimate of drug-likeness (QED) is 0.743. The van der Waals surface area contributed by atoms with Gasteiger partial charge in [0, 0.05) is 19.7 Å². The fourth-order valence-corrected chi connectivity index (χ4v) is 2.73. The van der Waals surface area contributed by atoms with Crippen LogP contribution in [0.25, 0.3) is 0 Å². The van der Waals surface area contributed by atoms with Crippen molar-refractivity contribution in [1.29, 1.82) is 0 Å². The molecule has 4 heteroatoms. The molecule has 1 aliphatic carbocycles. The normalized spacial score (nSPS) is 38.9. The molecule has 0 bridgehead atoms. The molecule has 4 unspecified atom stereocenters. The molecule has 1 heterocycles. The number of carbonyl (C=O) groups excluding carboxylic acids is 1. The Bertz CT molecular complexity index is 257. The van der Waals surface area contributed by atoms with E-state index >= 15 is 0 Å². The number of amides is 1. The summed E-state index contributed by atoms with van der Waals surface area (Å²) in [4.78, 5) is 12.0. The molecule has 0 aromatic carbocycles. The van der Waals surface area contributed by atoms with Crippen molar-refractivity contribution in [2.45, 2.75) is 50.8 Å². The third-order valence-electron chi connectivity index (χ3n) is 3.93. The van der Waals surface area contributed by atoms with Gasteiger partial charge in [-0.3, -0.25) is 4.79 Å². The third kappa shape index (κ3) is 2.55. The number of ether oxygens (including phenoxy) is 1. The van der Waals surface area contributed by atoms with Gasteiger partial charge in [-0.1, -0.05) is 13.3 Å². The second-order valence-electron chi connectivity index (χ2n) is 5.08. The van der Waals surface area contributed by atoms with E-state index in [4.69, 9.17) is 4.74 Å². The predicted molar refractivity (Wildman–Crippen MR) is 62.2 cm³/mol. The molecule has 1 saturated carbocycles. The molecule has 2 N–H and O–H groups in total. The summed E-state index contributed by atoms with van der Waals surface area (Å²) in [6.07, 6.45) is 4.60. The van der Waals surface area contributed by atoms with Crippen molar-refractivity contribution in [2.24, 2.45) is 5.92 Å². The Balaban J connectivity index is 1.80. The first-order valence-electron chi connectivity index (χ1n) is 6.27. The minimum Gasteiger partial charge on any atom is -0.380 e. The second kappa shape index (κ2) is 5.15. The van der Waals surface area contributed by atoms with Crippen LogP contribution in [0.2, 0.25) is 0 Å². The molecule has 2 aliphatic rings. The number of hydrogen-bond donors (Lipinski definition) is 2. The van der Waals surface area contributed by atoms with E-state index in [1.165, 1.54) is 12.8 Å². The van der Waals surface area contributed by atoms with Crippen molar-refractivity contribution in [2.75, 3.05) is 13.7 Å². The van der Waals surface area contributed by atoms with Crippen LogP contribution in [0.5, 0.6) is 0 Å². The zero-order valence-corrected chi connectivity index (χ0v) is 10.2. The lowest BCUT2D eigenvalue weighted by Crippen LogP contribution is -2.46. The van der Waals surface area contributed by atoms with E-state index in [0.29, 0.717) is 12.0 Å². The molecule has 2 fully saturated rings. The number of carbonyl (C=O) groups is 1. The molecule has 0 aromatic heterocycles. The maximum absolute atomic E-state index is 12.0. The van der Waals surface area contributed by atoms with Crippen molar-refractivity contribution in [3.8, 4) is 0 Å². The molecular weight excluding hydrogens is 204 g/mol. The van der Waals surface area contributed by atoms with Crippen LogP contribution in [-0.4, -0.2) is 37.7 Å². The highest BCUT2D eigenvalue weighted by molar-refractivity contribution is 5.82. The smallest absolute Gasteiger partial charge is 0.237 e. The van der Waals surface area contributed by atoms with Gasteiger partial charge in [0.25, 0.3) is 0 Å². The lowest BCUT2D eigenvalue weighted by atomic mass is 10.1. The Kier molecular flexibility index (Phi) is 3.82. The molecule has 0 spiro atoms. The first kappa shape index (κ1) is 11.9. The van der Waals surface area contributed by atoms with Gasteiger partial charge in [0.15, 0.2) is 0 Å². The summed E-state index contributed by atoms with van der Waals surface area (Å²) in [7, 11) is 1.70. The van der Waals surface area contributed by atoms with Gasteiger partial charge in [0.1, 0.15) is 0 Å². The van der Waals surface area contributed by atoms with Crippen LogP contribution in [0.1, 0.15) is 32.6 Å². The van der Waals surface area contributed by atoms with Crippen LogP contribution >= 0.6 is 0 Å². The largest absolute Gasteiger partial charge is 0.380 e. The summed E-state index contributed by atoms with van der Waals surface area (Å²) in [6, 6.07) is 0.327. The van der Waals surface area contributed by atoms with Crippen LogP contribution in [0.15, 0.2) is 0 Å². The molecule has 4 atom stereocenters. The van der Waals surface area contributed by atoms with Gasteiger partial charge in [-0.05, 0) is 25.2 Å². The van der Waals surface area contributed by atoms with Gasteiger partial charge in [0.05, 0.1) is 12.1 Å². The number of rotatable bonds is 3. The van der Waals surface area contributed by atoms with E-state index in [1.54, 1.807) is 7.11 Å². The first-order valence-corrected chi connectivity index (χ1v) is 6.27. The maximum Gasteiger partial charge on any atom is 0.237 e. The lowest BCUT2D eigenvalue weighted by molar-refractivity contribution is -0.123. The summed E-state index contributed by atoms with van der Waals surface area (Å²) >= 11 is 0. The predicted octanol–water partition coefficient (Wildman–Crippen LogP) is 0.668. The minimum absolute atomic E-state index is 0.0576. The average molecular weight is 226 g/mol. The average Bonchev–Trinajstić information content (AvgIpc) is 2.88. The monoisotopic (exact) mass is 226 g/mol. The van der Waals surface area contributed by atoms with Crippen molar-refractivity contribution in [3.63, 3.8) is 0 Å². The zero-order valence-electron chi connectivity index (χ0n) is 10.2. The fraction of sp³-hybridized carbons (Fsp3) is 0.917. The third-order valence-corrected chi connectivity index (χ3v) is 3.93. The number of methoxy groups -OCH3 is 1. The van der Waals surface area contributed by atoms with E-state index < -0.39 is 0 Å². The van der Waals surface area contributed by atoms with Crippen molar-refractivity contribution in [1.82, 2.24) is 10.6 Å². The molecule has 1 amide bonds. The highest BCUT2D eigenvalue weighted by atomic mass is 16.5. The molecule has 1 saturated heterocycles. The topological polar surface area (TPSA) is 50.4 Å². The Labute approximate surface area is 97.1 Å². The van der Waals surface area contributed by atoms with Crippen LogP contribution < -0.4 is 10.6 Å². The Morgan fingerprint density at radius 2 is 2.25 bits per heavy atom. The SMILES string of the molecule is COC1CNC(C(=O)NC2CCCC2C)C1. The highest BCUT2D eigenvalue weighted by Gasteiger charge is 2.32. The minimum atomic E-state index is -0.0576. The molecule has 0 radical (unpaired) electrons. The van der Waals surface area contributed by atoms with Gasteiger partial charge < -0.3 is 15.4 Å². The fourth-order valence-electron chi connectivity index (χ4n) is 2.73. The molecular formula is C12H22N2O2. The molecule has 16 heavy (non-hydrogen) atoms. The van der Waals surface area contributed by atoms with E-state index in [-0.39, 0.29) is 18.1 Å². The standard InChI is InChI=1S/C12H22N2O2/c1-8-4-3-5-10(8)14-12(15)11-6-9(16-2)7-13-11/h8-11,13H,3-7H2,1-2H3,(H,14,15). The first-order chi connectivity index (χ1) is 7.70. The summed E-state index contributed by atoms with van der Waals surface area (Å²) in [5.41, 5.74) is 0. The molecule has 92 valence electrons. The summed E-state index contributed by atoms with van der Waals surface area (Å²) in [6.45, 7) is 3.01. The Hall–Kier alpha value is -0.610. The Morgan fingerprint density at radius 1 is 1.44 bits per heavy atom. The van der Waals surface area contributed by atoms with Crippen molar-refractivity contribution >= 4 is 5.91 Å². The van der Waals surface area contributed by atoms with Gasteiger partial charge in [-0.2, -0.15) is 0 Å². The Morgan fingerprint density at radius 3 is 2.81 bits per heavy atom. The number of nitrogens with one attached hydrogen (secondary N) is 2. The van der Waals surface area contributed by atoms with E-state index in [1.807, 2.05) is 0 Å². The van der Waals surface area contributed by atoms with Crippen LogP contribution in [0, 0.1) is 5.92 Å². The van der Waals surface area contributed by atoms with E-state index in [2.05, 4.69) is 17.6 Å². The summed E-state index contributed by atoms with van der Waals surface area (Å²) in [5.74, 6) is 0.780. The second-order valence-corrected chi connectivity index (χ2v) is 5.08. The molecule has 1 aliphatic heterocycles. The van der Waals surface area contributed by atoms with Gasteiger partial charge in [-0.15, -0.1) is 0 Å². The zero-order chi connectivity index (χ0) is 11.5. The summed E-state index contributed by atoms with van der Waals surface area (Å²) < 4.78 is 5.24. The van der Waals surface area contributed by atoms with Gasteiger partial charge in [0.2, 0.25) is 5.91 Å². The lowest BCUT2D eigenvalue weighted by Gasteiger charge is -2.20. The van der Waals surface area contributed by atoms with Crippen LogP contribution in [0.4, 0.5) is 0 Å². The highest BCUT2D eigenvalue weighted by Crippen LogP contribution is 2.25. The maximum atomic E-state index is 12.0. The van der Waals surface area contributed by atoms with Gasteiger partial charge in [-0.25, -0.2) is 0 Å². The van der Waals surface area contributed by atoms with E-state index in [9.17, 15) is 4.79 Å². The van der Waals surface area contributed by atoms with Crippen LogP contribution in [-0.2, 0) is 9.53 Å².